The van der Waals surface area contributed by atoms with E-state index in [1.807, 2.05) is 27.7 Å². The molecule has 11 heteroatoms. The largest absolute Gasteiger partial charge is 0.453 e. The number of aryl methyl sites for hydroxylation is 1. The maximum atomic E-state index is 14.8. The lowest BCUT2D eigenvalue weighted by molar-refractivity contribution is -0.160. The molecule has 1 aliphatic heterocycles. The van der Waals surface area contributed by atoms with Crippen molar-refractivity contribution in [2.24, 2.45) is 5.41 Å². The fraction of sp³-hybridized carbons (Fsp3) is 0.424. The lowest BCUT2D eigenvalue weighted by atomic mass is 9.82. The normalized spacial score (nSPS) is 14.4. The first-order valence-electron chi connectivity index (χ1n) is 14.6. The third kappa shape index (κ3) is 6.88. The number of imide groups is 1. The van der Waals surface area contributed by atoms with E-state index in [0.29, 0.717) is 28.2 Å². The molecule has 234 valence electrons. The highest BCUT2D eigenvalue weighted by Gasteiger charge is 2.41. The van der Waals surface area contributed by atoms with Crippen LogP contribution in [-0.2, 0) is 20.7 Å². The van der Waals surface area contributed by atoms with Crippen molar-refractivity contribution >= 4 is 35.0 Å². The summed E-state index contributed by atoms with van der Waals surface area (Å²) in [6.07, 6.45) is 0.460. The molecule has 4 rings (SSSR count). The van der Waals surface area contributed by atoms with Crippen LogP contribution in [-0.4, -0.2) is 57.7 Å². The molecule has 2 atom stereocenters. The maximum absolute atomic E-state index is 14.8. The van der Waals surface area contributed by atoms with Gasteiger partial charge in [-0.15, -0.1) is 11.3 Å². The fourth-order valence-electron chi connectivity index (χ4n) is 5.53. The monoisotopic (exact) mass is 625 g/mol. The number of carbonyl (C=O) groups excluding carboxylic acids is 4. The number of fused-ring (bicyclic) bond motifs is 1. The summed E-state index contributed by atoms with van der Waals surface area (Å²) in [6.45, 7) is 10.7. The highest BCUT2D eigenvalue weighted by molar-refractivity contribution is 7.15. The zero-order valence-electron chi connectivity index (χ0n) is 25.8. The van der Waals surface area contributed by atoms with E-state index in [0.717, 1.165) is 29.5 Å². The minimum Gasteiger partial charge on any atom is -0.453 e. The van der Waals surface area contributed by atoms with E-state index in [9.17, 15) is 28.0 Å². The number of benzene rings is 2. The summed E-state index contributed by atoms with van der Waals surface area (Å²) in [5.74, 6) is -3.09. The summed E-state index contributed by atoms with van der Waals surface area (Å²) in [6, 6.07) is 9.16. The summed E-state index contributed by atoms with van der Waals surface area (Å²) >= 11 is 1.25. The Hall–Kier alpha value is -3.99. The number of thiazole rings is 1. The molecule has 0 saturated heterocycles. The lowest BCUT2D eigenvalue weighted by Crippen LogP contribution is -2.47. The summed E-state index contributed by atoms with van der Waals surface area (Å²) in [7, 11) is 0. The van der Waals surface area contributed by atoms with E-state index in [1.54, 1.807) is 29.2 Å². The van der Waals surface area contributed by atoms with E-state index in [4.69, 9.17) is 9.72 Å². The molecule has 0 saturated carbocycles. The molecular weight excluding hydrogens is 588 g/mol. The van der Waals surface area contributed by atoms with Gasteiger partial charge in [-0.25, -0.2) is 13.8 Å². The van der Waals surface area contributed by atoms with Crippen molar-refractivity contribution in [2.45, 2.75) is 73.0 Å². The fourth-order valence-corrected chi connectivity index (χ4v) is 6.74. The molecule has 3 aromatic rings. The van der Waals surface area contributed by atoms with Crippen LogP contribution in [0.2, 0.25) is 0 Å². The Bertz CT molecular complexity index is 1550. The topological polar surface area (TPSA) is 96.9 Å². The Labute approximate surface area is 260 Å². The first-order valence-corrected chi connectivity index (χ1v) is 15.4. The van der Waals surface area contributed by atoms with Crippen molar-refractivity contribution in [1.82, 2.24) is 14.8 Å². The predicted molar refractivity (Wildman–Crippen MR) is 163 cm³/mol. The maximum Gasteiger partial charge on any atom is 0.303 e. The quantitative estimate of drug-likeness (QED) is 0.176. The van der Waals surface area contributed by atoms with Crippen LogP contribution in [0.3, 0.4) is 0 Å². The summed E-state index contributed by atoms with van der Waals surface area (Å²) < 4.78 is 34.2. The van der Waals surface area contributed by atoms with Crippen molar-refractivity contribution in [3.8, 4) is 10.6 Å². The van der Waals surface area contributed by atoms with Crippen LogP contribution in [0.1, 0.15) is 91.7 Å². The van der Waals surface area contributed by atoms with Gasteiger partial charge in [0.05, 0.1) is 22.9 Å². The molecule has 2 aromatic carbocycles. The third-order valence-corrected chi connectivity index (χ3v) is 8.55. The number of rotatable bonds is 11. The van der Waals surface area contributed by atoms with Gasteiger partial charge in [-0.2, -0.15) is 0 Å². The summed E-state index contributed by atoms with van der Waals surface area (Å²) in [5, 5.41) is 0.293. The van der Waals surface area contributed by atoms with Gasteiger partial charge in [0, 0.05) is 30.5 Å². The number of ether oxygens (including phenoxy) is 1. The first kappa shape index (κ1) is 32.9. The second-order valence-corrected chi connectivity index (χ2v) is 13.0. The molecular formula is C33H37F2N3O5S. The Kier molecular flexibility index (Phi) is 9.98. The van der Waals surface area contributed by atoms with Crippen molar-refractivity contribution in [3.63, 3.8) is 0 Å². The standard InChI is InChI=1S/C33H37F2N3O5S/c1-7-11-26-27(36-29(44-26)24-18-21(34)14-15-25(24)35)28(33(4,5)6)37(30(40)19(2)43-20(3)39)16-10-17-38-31(41)22-12-8-9-13-23(22)32(38)42/h8-9,12-15,18-19,28H,7,10-11,16-17H2,1-6H3/t19-,28-/m0/s1. The van der Waals surface area contributed by atoms with E-state index in [2.05, 4.69) is 0 Å². The van der Waals surface area contributed by atoms with Gasteiger partial charge < -0.3 is 9.64 Å². The smallest absolute Gasteiger partial charge is 0.303 e. The molecule has 0 bridgehead atoms. The second-order valence-electron chi connectivity index (χ2n) is 11.9. The third-order valence-electron chi connectivity index (χ3n) is 7.39. The SMILES string of the molecule is CCCc1sc(-c2cc(F)ccc2F)nc1[C@H](N(CCCN1C(=O)c2ccccc2C1=O)C(=O)[C@H](C)OC(C)=O)C(C)(C)C. The Morgan fingerprint density at radius 1 is 1.05 bits per heavy atom. The summed E-state index contributed by atoms with van der Waals surface area (Å²) in [4.78, 5) is 60.1. The van der Waals surface area contributed by atoms with Gasteiger partial charge in [-0.3, -0.25) is 24.1 Å². The number of halogens is 2. The minimum absolute atomic E-state index is 0.0306. The Morgan fingerprint density at radius 3 is 2.25 bits per heavy atom. The van der Waals surface area contributed by atoms with E-state index in [-0.39, 0.29) is 25.1 Å². The molecule has 0 aliphatic carbocycles. The molecule has 0 radical (unpaired) electrons. The van der Waals surface area contributed by atoms with Crippen LogP contribution in [0, 0.1) is 17.0 Å². The number of nitrogens with zero attached hydrogens (tertiary/aromatic N) is 3. The molecule has 44 heavy (non-hydrogen) atoms. The highest BCUT2D eigenvalue weighted by Crippen LogP contribution is 2.43. The van der Waals surface area contributed by atoms with Crippen molar-refractivity contribution in [1.29, 1.82) is 0 Å². The number of carbonyl (C=O) groups is 4. The molecule has 0 N–H and O–H groups in total. The molecule has 1 aromatic heterocycles. The van der Waals surface area contributed by atoms with Gasteiger partial charge in [0.25, 0.3) is 17.7 Å². The predicted octanol–water partition coefficient (Wildman–Crippen LogP) is 6.59. The Balaban J connectivity index is 1.73. The van der Waals surface area contributed by atoms with E-state index < -0.39 is 52.9 Å². The van der Waals surface area contributed by atoms with Crippen molar-refractivity contribution in [3.05, 3.63) is 75.8 Å². The average molecular weight is 626 g/mol. The van der Waals surface area contributed by atoms with Crippen molar-refractivity contribution < 1.29 is 32.7 Å². The van der Waals surface area contributed by atoms with Crippen LogP contribution in [0.25, 0.3) is 10.6 Å². The average Bonchev–Trinajstić information content (AvgIpc) is 3.46. The number of esters is 1. The molecule has 2 heterocycles. The van der Waals surface area contributed by atoms with Gasteiger partial charge in [0.1, 0.15) is 16.6 Å². The molecule has 8 nitrogen and oxygen atoms in total. The number of amides is 3. The number of hydrogen-bond donors (Lipinski definition) is 0. The number of hydrogen-bond acceptors (Lipinski definition) is 7. The van der Waals surface area contributed by atoms with E-state index >= 15 is 0 Å². The van der Waals surface area contributed by atoms with Gasteiger partial charge in [0.2, 0.25) is 0 Å². The highest BCUT2D eigenvalue weighted by atomic mass is 32.1. The van der Waals surface area contributed by atoms with Crippen LogP contribution in [0.5, 0.6) is 0 Å². The lowest BCUT2D eigenvalue weighted by Gasteiger charge is -2.41. The Morgan fingerprint density at radius 2 is 1.68 bits per heavy atom. The van der Waals surface area contributed by atoms with Crippen LogP contribution in [0.15, 0.2) is 42.5 Å². The molecule has 3 amide bonds. The van der Waals surface area contributed by atoms with Crippen LogP contribution >= 0.6 is 11.3 Å². The van der Waals surface area contributed by atoms with E-state index in [1.165, 1.54) is 30.1 Å². The van der Waals surface area contributed by atoms with Crippen molar-refractivity contribution in [2.75, 3.05) is 13.1 Å². The van der Waals surface area contributed by atoms with Crippen LogP contribution < -0.4 is 0 Å². The molecule has 0 unspecified atom stereocenters. The molecule has 0 spiro atoms. The molecule has 0 fully saturated rings. The van der Waals surface area contributed by atoms with Crippen LogP contribution in [0.4, 0.5) is 8.78 Å². The van der Waals surface area contributed by atoms with Gasteiger partial charge in [-0.05, 0) is 55.5 Å². The second kappa shape index (κ2) is 13.3. The van der Waals surface area contributed by atoms with Gasteiger partial charge >= 0.3 is 5.97 Å². The zero-order chi connectivity index (χ0) is 32.3. The zero-order valence-corrected chi connectivity index (χ0v) is 26.6. The number of aromatic nitrogens is 1. The minimum atomic E-state index is -1.12. The summed E-state index contributed by atoms with van der Waals surface area (Å²) in [5.41, 5.74) is 0.640. The first-order chi connectivity index (χ1) is 20.7. The molecule has 1 aliphatic rings. The van der Waals surface area contributed by atoms with Gasteiger partial charge in [-0.1, -0.05) is 46.2 Å². The van der Waals surface area contributed by atoms with Gasteiger partial charge in [0.15, 0.2) is 6.10 Å².